The molecule has 0 saturated carbocycles. The Bertz CT molecular complexity index is 603. The molecule has 2 aromatic rings. The van der Waals surface area contributed by atoms with Crippen LogP contribution in [0, 0.1) is 11.6 Å². The summed E-state index contributed by atoms with van der Waals surface area (Å²) in [5.41, 5.74) is 0.189. The molecule has 0 aliphatic heterocycles. The Morgan fingerprint density at radius 3 is 1.40 bits per heavy atom. The summed E-state index contributed by atoms with van der Waals surface area (Å²) in [5.74, 6) is -1.82. The maximum Gasteiger partial charge on any atom is 0.135 e. The smallest absolute Gasteiger partial charge is 0.135 e. The molecule has 0 aliphatic carbocycles. The number of phenolic OH excluding ortho intramolecular Hbond substituents is 2. The van der Waals surface area contributed by atoms with Crippen LogP contribution in [0.1, 0.15) is 0 Å². The second kappa shape index (κ2) is 5.93. The Labute approximate surface area is 123 Å². The molecule has 2 nitrogen and oxygen atoms in total. The summed E-state index contributed by atoms with van der Waals surface area (Å²) in [5, 5.41) is 18.9. The SMILES string of the molecule is CSc1cc(O)cc(F)c1-c1c(F)cc(O)cc1SC. The van der Waals surface area contributed by atoms with Crippen molar-refractivity contribution < 1.29 is 19.0 Å². The first-order chi connectivity index (χ1) is 9.47. The number of hydrogen-bond donors (Lipinski definition) is 2. The highest BCUT2D eigenvalue weighted by Gasteiger charge is 2.20. The van der Waals surface area contributed by atoms with Crippen molar-refractivity contribution in [1.82, 2.24) is 0 Å². The molecule has 2 N–H and O–H groups in total. The zero-order valence-corrected chi connectivity index (χ0v) is 12.4. The van der Waals surface area contributed by atoms with Gasteiger partial charge in [0.1, 0.15) is 23.1 Å². The summed E-state index contributed by atoms with van der Waals surface area (Å²) in [6.45, 7) is 0. The number of rotatable bonds is 3. The Morgan fingerprint density at radius 1 is 0.750 bits per heavy atom. The van der Waals surface area contributed by atoms with Crippen molar-refractivity contribution in [2.45, 2.75) is 9.79 Å². The van der Waals surface area contributed by atoms with E-state index < -0.39 is 11.6 Å². The van der Waals surface area contributed by atoms with Crippen LogP contribution in [0.25, 0.3) is 11.1 Å². The summed E-state index contributed by atoms with van der Waals surface area (Å²) >= 11 is 2.42. The molecule has 0 aromatic heterocycles. The first kappa shape index (κ1) is 15.0. The van der Waals surface area contributed by atoms with E-state index in [-0.39, 0.29) is 22.6 Å². The van der Waals surface area contributed by atoms with E-state index in [1.807, 2.05) is 0 Å². The maximum atomic E-state index is 14.2. The molecule has 0 fully saturated rings. The van der Waals surface area contributed by atoms with Crippen molar-refractivity contribution in [2.75, 3.05) is 12.5 Å². The van der Waals surface area contributed by atoms with Crippen LogP contribution < -0.4 is 0 Å². The third-order valence-electron chi connectivity index (χ3n) is 2.77. The molecule has 2 aromatic carbocycles. The number of aromatic hydroxyl groups is 2. The fraction of sp³-hybridized carbons (Fsp3) is 0.143. The predicted octanol–water partition coefficient (Wildman–Crippen LogP) is 4.49. The number of benzene rings is 2. The van der Waals surface area contributed by atoms with E-state index in [0.717, 1.165) is 12.1 Å². The van der Waals surface area contributed by atoms with Gasteiger partial charge in [0.05, 0.1) is 0 Å². The van der Waals surface area contributed by atoms with Gasteiger partial charge in [-0.25, -0.2) is 8.78 Å². The molecule has 0 heterocycles. The molecule has 0 amide bonds. The predicted molar refractivity (Wildman–Crippen MR) is 78.7 cm³/mol. The van der Waals surface area contributed by atoms with E-state index in [0.29, 0.717) is 9.79 Å². The Morgan fingerprint density at radius 2 is 1.10 bits per heavy atom. The number of hydrogen-bond acceptors (Lipinski definition) is 4. The van der Waals surface area contributed by atoms with Gasteiger partial charge in [0.25, 0.3) is 0 Å². The molecule has 6 heteroatoms. The topological polar surface area (TPSA) is 40.5 Å². The summed E-state index contributed by atoms with van der Waals surface area (Å²) in [4.78, 5) is 0.866. The third-order valence-corrected chi connectivity index (χ3v) is 4.29. The van der Waals surface area contributed by atoms with Crippen LogP contribution in [0.15, 0.2) is 34.1 Å². The Balaban J connectivity index is 2.81. The monoisotopic (exact) mass is 314 g/mol. The second-order valence-electron chi connectivity index (χ2n) is 4.01. The zero-order chi connectivity index (χ0) is 14.9. The summed E-state index contributed by atoms with van der Waals surface area (Å²) in [6.07, 6.45) is 3.43. The Kier molecular flexibility index (Phi) is 4.45. The first-order valence-corrected chi connectivity index (χ1v) is 8.06. The lowest BCUT2D eigenvalue weighted by molar-refractivity contribution is 0.464. The van der Waals surface area contributed by atoms with Gasteiger partial charge in [-0.2, -0.15) is 0 Å². The maximum absolute atomic E-state index is 14.2. The summed E-state index contributed by atoms with van der Waals surface area (Å²) < 4.78 is 28.3. The molecule has 0 radical (unpaired) electrons. The van der Waals surface area contributed by atoms with Gasteiger partial charge in [-0.1, -0.05) is 0 Å². The lowest BCUT2D eigenvalue weighted by Gasteiger charge is -2.14. The van der Waals surface area contributed by atoms with Gasteiger partial charge < -0.3 is 10.2 Å². The summed E-state index contributed by atoms with van der Waals surface area (Å²) in [7, 11) is 0. The van der Waals surface area contributed by atoms with E-state index in [4.69, 9.17) is 0 Å². The van der Waals surface area contributed by atoms with Crippen molar-refractivity contribution >= 4 is 23.5 Å². The van der Waals surface area contributed by atoms with Gasteiger partial charge in [-0.15, -0.1) is 23.5 Å². The van der Waals surface area contributed by atoms with Crippen molar-refractivity contribution in [3.8, 4) is 22.6 Å². The average Bonchev–Trinajstić information content (AvgIpc) is 2.38. The van der Waals surface area contributed by atoms with Crippen molar-refractivity contribution in [3.05, 3.63) is 35.9 Å². The van der Waals surface area contributed by atoms with E-state index in [9.17, 15) is 19.0 Å². The van der Waals surface area contributed by atoms with Crippen LogP contribution in [-0.4, -0.2) is 22.7 Å². The largest absolute Gasteiger partial charge is 0.508 e. The minimum Gasteiger partial charge on any atom is -0.508 e. The standard InChI is InChI=1S/C14H12F2O2S2/c1-19-11-5-7(17)3-9(15)13(11)14-10(16)4-8(18)6-12(14)20-2/h3-6,17-18H,1-2H3. The van der Waals surface area contributed by atoms with Gasteiger partial charge in [-0.3, -0.25) is 0 Å². The normalized spacial score (nSPS) is 10.8. The van der Waals surface area contributed by atoms with Gasteiger partial charge in [0.15, 0.2) is 0 Å². The van der Waals surface area contributed by atoms with Crippen LogP contribution in [0.2, 0.25) is 0 Å². The van der Waals surface area contributed by atoms with Gasteiger partial charge >= 0.3 is 0 Å². The highest BCUT2D eigenvalue weighted by Crippen LogP contribution is 2.42. The van der Waals surface area contributed by atoms with Gasteiger partial charge in [0, 0.05) is 33.1 Å². The molecule has 106 valence electrons. The number of halogens is 2. The molecular formula is C14H12F2O2S2. The third kappa shape index (κ3) is 2.71. The molecule has 2 rings (SSSR count). The molecule has 0 unspecified atom stereocenters. The molecule has 0 bridgehead atoms. The van der Waals surface area contributed by atoms with Crippen LogP contribution in [-0.2, 0) is 0 Å². The summed E-state index contributed by atoms with van der Waals surface area (Å²) in [6, 6.07) is 4.68. The van der Waals surface area contributed by atoms with Gasteiger partial charge in [-0.05, 0) is 24.6 Å². The molecule has 0 saturated heterocycles. The van der Waals surface area contributed by atoms with Crippen LogP contribution in [0.4, 0.5) is 8.78 Å². The lowest BCUT2D eigenvalue weighted by atomic mass is 10.0. The quantitative estimate of drug-likeness (QED) is 0.819. The zero-order valence-electron chi connectivity index (χ0n) is 10.8. The fourth-order valence-corrected chi connectivity index (χ4v) is 3.23. The molecular weight excluding hydrogens is 302 g/mol. The highest BCUT2D eigenvalue weighted by atomic mass is 32.2. The number of thioether (sulfide) groups is 2. The average molecular weight is 314 g/mol. The van der Waals surface area contributed by atoms with E-state index >= 15 is 0 Å². The number of phenols is 2. The van der Waals surface area contributed by atoms with Crippen LogP contribution >= 0.6 is 23.5 Å². The second-order valence-corrected chi connectivity index (χ2v) is 5.71. The van der Waals surface area contributed by atoms with E-state index in [1.165, 1.54) is 35.7 Å². The molecule has 20 heavy (non-hydrogen) atoms. The van der Waals surface area contributed by atoms with Crippen molar-refractivity contribution in [3.63, 3.8) is 0 Å². The minimum atomic E-state index is -0.700. The highest BCUT2D eigenvalue weighted by molar-refractivity contribution is 7.99. The molecule has 0 aliphatic rings. The molecule has 0 spiro atoms. The van der Waals surface area contributed by atoms with Crippen LogP contribution in [0.5, 0.6) is 11.5 Å². The first-order valence-electron chi connectivity index (χ1n) is 5.61. The van der Waals surface area contributed by atoms with Crippen LogP contribution in [0.3, 0.4) is 0 Å². The van der Waals surface area contributed by atoms with E-state index in [2.05, 4.69) is 0 Å². The lowest BCUT2D eigenvalue weighted by Crippen LogP contribution is -1.94. The van der Waals surface area contributed by atoms with Crippen molar-refractivity contribution in [1.29, 1.82) is 0 Å². The minimum absolute atomic E-state index is 0.0946. The fourth-order valence-electron chi connectivity index (χ4n) is 1.94. The molecule has 0 atom stereocenters. The van der Waals surface area contributed by atoms with Gasteiger partial charge in [0.2, 0.25) is 0 Å². The Hall–Kier alpha value is -1.40. The van der Waals surface area contributed by atoms with Crippen molar-refractivity contribution in [2.24, 2.45) is 0 Å². The van der Waals surface area contributed by atoms with E-state index in [1.54, 1.807) is 12.5 Å².